The average molecular weight is 234 g/mol. The number of nitrogens with zero attached hydrogens (tertiary/aromatic N) is 3. The van der Waals surface area contributed by atoms with Crippen LogP contribution in [-0.4, -0.2) is 40.4 Å². The highest BCUT2D eigenvalue weighted by Gasteiger charge is 2.30. The average Bonchev–Trinajstić information content (AvgIpc) is 2.61. The zero-order chi connectivity index (χ0) is 12.4. The highest BCUT2D eigenvalue weighted by Crippen LogP contribution is 2.16. The van der Waals surface area contributed by atoms with Crippen LogP contribution in [0.1, 0.15) is 30.8 Å². The summed E-state index contributed by atoms with van der Waals surface area (Å²) in [6.07, 6.45) is 4.22. The quantitative estimate of drug-likeness (QED) is 0.835. The van der Waals surface area contributed by atoms with Crippen molar-refractivity contribution >= 4 is 5.91 Å². The normalized spacial score (nSPS) is 21.9. The number of carbonyl (C=O) groups is 1. The number of nitrogens with one attached hydrogen (secondary N) is 1. The van der Waals surface area contributed by atoms with Crippen molar-refractivity contribution in [1.29, 1.82) is 0 Å². The number of hydrogen-bond donors (Lipinski definition) is 1. The first-order valence-corrected chi connectivity index (χ1v) is 5.88. The summed E-state index contributed by atoms with van der Waals surface area (Å²) in [5.74, 6) is 0.165. The molecule has 5 nitrogen and oxygen atoms in total. The summed E-state index contributed by atoms with van der Waals surface area (Å²) >= 11 is 0. The number of hydrogen-bond acceptors (Lipinski definition) is 4. The van der Waals surface area contributed by atoms with Gasteiger partial charge in [-0.1, -0.05) is 0 Å². The van der Waals surface area contributed by atoms with Crippen LogP contribution in [0.5, 0.6) is 0 Å². The molecular weight excluding hydrogens is 216 g/mol. The standard InChI is InChI=1S/C12H18N4O/c1-8-11(14-6-5-13-8)9(2)15-10-4-7-16(3)12(10)17/h5-6,9-10,15H,4,7H2,1-3H3. The molecule has 1 aliphatic rings. The Labute approximate surface area is 101 Å². The second kappa shape index (κ2) is 4.79. The molecule has 1 aromatic rings. The van der Waals surface area contributed by atoms with Gasteiger partial charge in [-0.05, 0) is 20.3 Å². The monoisotopic (exact) mass is 234 g/mol. The Bertz CT molecular complexity index is 421. The lowest BCUT2D eigenvalue weighted by Crippen LogP contribution is -2.38. The lowest BCUT2D eigenvalue weighted by atomic mass is 10.1. The number of likely N-dealkylation sites (N-methyl/N-ethyl adjacent to an activating group) is 1. The van der Waals surface area contributed by atoms with Crippen molar-refractivity contribution in [3.8, 4) is 0 Å². The Kier molecular flexibility index (Phi) is 3.38. The zero-order valence-electron chi connectivity index (χ0n) is 10.5. The van der Waals surface area contributed by atoms with Crippen molar-refractivity contribution in [2.75, 3.05) is 13.6 Å². The van der Waals surface area contributed by atoms with E-state index in [-0.39, 0.29) is 18.0 Å². The van der Waals surface area contributed by atoms with Crippen LogP contribution in [0.25, 0.3) is 0 Å². The van der Waals surface area contributed by atoms with Gasteiger partial charge in [0.05, 0.1) is 17.4 Å². The van der Waals surface area contributed by atoms with Gasteiger partial charge in [0, 0.05) is 32.0 Å². The SMILES string of the molecule is Cc1nccnc1C(C)NC1CCN(C)C1=O. The molecule has 0 saturated carbocycles. The molecule has 5 heteroatoms. The van der Waals surface area contributed by atoms with Crippen LogP contribution >= 0.6 is 0 Å². The number of carbonyl (C=O) groups excluding carboxylic acids is 1. The highest BCUT2D eigenvalue weighted by molar-refractivity contribution is 5.83. The maximum Gasteiger partial charge on any atom is 0.239 e. The fraction of sp³-hybridized carbons (Fsp3) is 0.583. The van der Waals surface area contributed by atoms with Crippen molar-refractivity contribution in [2.45, 2.75) is 32.4 Å². The lowest BCUT2D eigenvalue weighted by molar-refractivity contribution is -0.128. The van der Waals surface area contributed by atoms with Crippen LogP contribution in [0.3, 0.4) is 0 Å². The molecule has 17 heavy (non-hydrogen) atoms. The van der Waals surface area contributed by atoms with Gasteiger partial charge in [0.1, 0.15) is 0 Å². The van der Waals surface area contributed by atoms with E-state index in [9.17, 15) is 4.79 Å². The van der Waals surface area contributed by atoms with Crippen molar-refractivity contribution in [1.82, 2.24) is 20.2 Å². The van der Waals surface area contributed by atoms with Crippen LogP contribution in [0.2, 0.25) is 0 Å². The summed E-state index contributed by atoms with van der Waals surface area (Å²) in [6, 6.07) is -0.0412. The molecule has 1 aliphatic heterocycles. The Morgan fingerprint density at radius 2 is 2.18 bits per heavy atom. The maximum atomic E-state index is 11.8. The molecule has 2 heterocycles. The Morgan fingerprint density at radius 3 is 2.76 bits per heavy atom. The first kappa shape index (κ1) is 12.0. The summed E-state index contributed by atoms with van der Waals surface area (Å²) in [5, 5.41) is 3.32. The molecule has 92 valence electrons. The summed E-state index contributed by atoms with van der Waals surface area (Å²) in [7, 11) is 1.84. The molecule has 1 aromatic heterocycles. The zero-order valence-corrected chi connectivity index (χ0v) is 10.5. The number of aromatic nitrogens is 2. The first-order valence-electron chi connectivity index (χ1n) is 5.88. The molecule has 0 radical (unpaired) electrons. The summed E-state index contributed by atoms with van der Waals surface area (Å²) < 4.78 is 0. The molecule has 0 aliphatic carbocycles. The third-order valence-electron chi connectivity index (χ3n) is 3.21. The largest absolute Gasteiger partial charge is 0.344 e. The molecule has 1 saturated heterocycles. The molecular formula is C12H18N4O. The van der Waals surface area contributed by atoms with Gasteiger partial charge < -0.3 is 4.90 Å². The Hall–Kier alpha value is -1.49. The number of amides is 1. The second-order valence-electron chi connectivity index (χ2n) is 4.52. The van der Waals surface area contributed by atoms with Gasteiger partial charge in [0.25, 0.3) is 0 Å². The van der Waals surface area contributed by atoms with Gasteiger partial charge in [0.2, 0.25) is 5.91 Å². The third kappa shape index (κ3) is 2.44. The van der Waals surface area contributed by atoms with Crippen LogP contribution in [0.4, 0.5) is 0 Å². The van der Waals surface area contributed by atoms with Gasteiger partial charge in [-0.15, -0.1) is 0 Å². The third-order valence-corrected chi connectivity index (χ3v) is 3.21. The van der Waals surface area contributed by atoms with Gasteiger partial charge >= 0.3 is 0 Å². The van der Waals surface area contributed by atoms with E-state index >= 15 is 0 Å². The van der Waals surface area contributed by atoms with Crippen molar-refractivity contribution in [2.24, 2.45) is 0 Å². The van der Waals surface area contributed by atoms with E-state index in [2.05, 4.69) is 15.3 Å². The maximum absolute atomic E-state index is 11.8. The predicted molar refractivity (Wildman–Crippen MR) is 64.4 cm³/mol. The minimum absolute atomic E-state index is 0.0455. The number of likely N-dealkylation sites (tertiary alicyclic amines) is 1. The summed E-state index contributed by atoms with van der Waals surface area (Å²) in [5.41, 5.74) is 1.82. The fourth-order valence-electron chi connectivity index (χ4n) is 2.20. The molecule has 0 spiro atoms. The van der Waals surface area contributed by atoms with Crippen LogP contribution in [-0.2, 0) is 4.79 Å². The van der Waals surface area contributed by atoms with Crippen molar-refractivity contribution < 1.29 is 4.79 Å². The lowest BCUT2D eigenvalue weighted by Gasteiger charge is -2.18. The predicted octanol–water partition coefficient (Wildman–Crippen LogP) is 0.666. The van der Waals surface area contributed by atoms with Crippen molar-refractivity contribution in [3.05, 3.63) is 23.8 Å². The molecule has 2 atom stereocenters. The summed E-state index contributed by atoms with van der Waals surface area (Å²) in [4.78, 5) is 22.1. The van der Waals surface area contributed by atoms with E-state index in [4.69, 9.17) is 0 Å². The minimum atomic E-state index is -0.0867. The molecule has 0 aromatic carbocycles. The Morgan fingerprint density at radius 1 is 1.47 bits per heavy atom. The first-order chi connectivity index (χ1) is 8.09. The molecule has 2 unspecified atom stereocenters. The number of rotatable bonds is 3. The van der Waals surface area contributed by atoms with E-state index < -0.39 is 0 Å². The molecule has 1 N–H and O–H groups in total. The van der Waals surface area contributed by atoms with E-state index in [0.717, 1.165) is 24.4 Å². The molecule has 0 bridgehead atoms. The fourth-order valence-corrected chi connectivity index (χ4v) is 2.20. The van der Waals surface area contributed by atoms with E-state index in [1.807, 2.05) is 20.9 Å². The van der Waals surface area contributed by atoms with Gasteiger partial charge in [-0.2, -0.15) is 0 Å². The second-order valence-corrected chi connectivity index (χ2v) is 4.52. The van der Waals surface area contributed by atoms with Crippen LogP contribution in [0.15, 0.2) is 12.4 Å². The topological polar surface area (TPSA) is 58.1 Å². The van der Waals surface area contributed by atoms with E-state index in [0.29, 0.717) is 0 Å². The van der Waals surface area contributed by atoms with E-state index in [1.165, 1.54) is 0 Å². The molecule has 1 amide bonds. The van der Waals surface area contributed by atoms with Crippen LogP contribution < -0.4 is 5.32 Å². The van der Waals surface area contributed by atoms with Gasteiger partial charge in [-0.3, -0.25) is 20.1 Å². The van der Waals surface area contributed by atoms with Gasteiger partial charge in [-0.25, -0.2) is 0 Å². The number of aryl methyl sites for hydroxylation is 1. The Balaban J connectivity index is 2.05. The minimum Gasteiger partial charge on any atom is -0.344 e. The van der Waals surface area contributed by atoms with Crippen LogP contribution in [0, 0.1) is 6.92 Å². The van der Waals surface area contributed by atoms with Gasteiger partial charge in [0.15, 0.2) is 0 Å². The molecule has 1 fully saturated rings. The summed E-state index contributed by atoms with van der Waals surface area (Å²) in [6.45, 7) is 4.77. The highest BCUT2D eigenvalue weighted by atomic mass is 16.2. The van der Waals surface area contributed by atoms with Crippen molar-refractivity contribution in [3.63, 3.8) is 0 Å². The van der Waals surface area contributed by atoms with E-state index in [1.54, 1.807) is 17.3 Å². The smallest absolute Gasteiger partial charge is 0.239 e. The molecule has 2 rings (SSSR count).